The molecule has 0 aromatic carbocycles. The van der Waals surface area contributed by atoms with Crippen LogP contribution in [0, 0.1) is 5.41 Å². The van der Waals surface area contributed by atoms with Gasteiger partial charge in [0.25, 0.3) is 0 Å². The predicted octanol–water partition coefficient (Wildman–Crippen LogP) is 0.805. The maximum Gasteiger partial charge on any atom is 0.230 e. The third kappa shape index (κ3) is 1.85. The molecule has 1 amide bonds. The fourth-order valence-electron chi connectivity index (χ4n) is 1.89. The third-order valence-electron chi connectivity index (χ3n) is 2.76. The second-order valence-electron chi connectivity index (χ2n) is 4.76. The fraction of sp³-hybridized carbons (Fsp3) is 0.900. The molecule has 0 unspecified atom stereocenters. The number of likely N-dealkylation sites (tertiary alicyclic amines) is 1. The molecule has 0 atom stereocenters. The van der Waals surface area contributed by atoms with E-state index in [1.165, 1.54) is 0 Å². The minimum absolute atomic E-state index is 0.131. The zero-order chi connectivity index (χ0) is 10.2. The van der Waals surface area contributed by atoms with E-state index in [1.807, 2.05) is 21.0 Å². The molecule has 76 valence electrons. The summed E-state index contributed by atoms with van der Waals surface area (Å²) >= 11 is 0. The first-order valence-corrected chi connectivity index (χ1v) is 4.82. The van der Waals surface area contributed by atoms with Gasteiger partial charge in [-0.2, -0.15) is 0 Å². The van der Waals surface area contributed by atoms with Crippen LogP contribution in [0.2, 0.25) is 0 Å². The van der Waals surface area contributed by atoms with Crippen LogP contribution in [-0.4, -0.2) is 48.9 Å². The molecule has 0 aromatic heterocycles. The standard InChI is InChI=1S/C10H20N2O/c1-8(2)12-6-10(3,7-12)9(13)11(4)5/h8H,6-7H2,1-5H3. The van der Waals surface area contributed by atoms with Crippen molar-refractivity contribution in [3.05, 3.63) is 0 Å². The summed E-state index contributed by atoms with van der Waals surface area (Å²) in [6.45, 7) is 8.19. The topological polar surface area (TPSA) is 23.6 Å². The number of hydrogen-bond donors (Lipinski definition) is 0. The minimum atomic E-state index is -0.131. The van der Waals surface area contributed by atoms with Gasteiger partial charge in [-0.15, -0.1) is 0 Å². The summed E-state index contributed by atoms with van der Waals surface area (Å²) in [6, 6.07) is 0.558. The van der Waals surface area contributed by atoms with E-state index in [0.717, 1.165) is 13.1 Å². The Labute approximate surface area is 80.7 Å². The van der Waals surface area contributed by atoms with Gasteiger partial charge in [-0.3, -0.25) is 9.69 Å². The Morgan fingerprint density at radius 2 is 1.85 bits per heavy atom. The summed E-state index contributed by atoms with van der Waals surface area (Å²) in [5.74, 6) is 0.254. The van der Waals surface area contributed by atoms with Crippen molar-refractivity contribution >= 4 is 5.91 Å². The van der Waals surface area contributed by atoms with Crippen molar-refractivity contribution in [2.24, 2.45) is 5.41 Å². The van der Waals surface area contributed by atoms with E-state index < -0.39 is 0 Å². The van der Waals surface area contributed by atoms with Crippen LogP contribution in [0.1, 0.15) is 20.8 Å². The average molecular weight is 184 g/mol. The minimum Gasteiger partial charge on any atom is -0.348 e. The monoisotopic (exact) mass is 184 g/mol. The summed E-state index contributed by atoms with van der Waals surface area (Å²) in [5.41, 5.74) is -0.131. The summed E-state index contributed by atoms with van der Waals surface area (Å²) in [7, 11) is 3.65. The van der Waals surface area contributed by atoms with Crippen molar-refractivity contribution in [1.82, 2.24) is 9.80 Å². The van der Waals surface area contributed by atoms with Crippen LogP contribution in [0.3, 0.4) is 0 Å². The molecule has 1 heterocycles. The molecule has 0 radical (unpaired) electrons. The van der Waals surface area contributed by atoms with Crippen LogP contribution in [0.4, 0.5) is 0 Å². The molecule has 1 aliphatic heterocycles. The van der Waals surface area contributed by atoms with Gasteiger partial charge in [-0.05, 0) is 20.8 Å². The van der Waals surface area contributed by atoms with Crippen molar-refractivity contribution in [2.75, 3.05) is 27.2 Å². The highest BCUT2D eigenvalue weighted by Gasteiger charge is 2.46. The van der Waals surface area contributed by atoms with E-state index in [4.69, 9.17) is 0 Å². The first kappa shape index (κ1) is 10.5. The van der Waals surface area contributed by atoms with Crippen molar-refractivity contribution < 1.29 is 4.79 Å². The van der Waals surface area contributed by atoms with Crippen molar-refractivity contribution in [3.63, 3.8) is 0 Å². The van der Waals surface area contributed by atoms with Crippen molar-refractivity contribution in [2.45, 2.75) is 26.8 Å². The number of rotatable bonds is 2. The van der Waals surface area contributed by atoms with Crippen molar-refractivity contribution in [1.29, 1.82) is 0 Å². The molecule has 1 rings (SSSR count). The lowest BCUT2D eigenvalue weighted by atomic mass is 9.80. The first-order valence-electron chi connectivity index (χ1n) is 4.82. The van der Waals surface area contributed by atoms with Gasteiger partial charge in [0.1, 0.15) is 0 Å². The average Bonchev–Trinajstić information content (AvgIpc) is 1.96. The van der Waals surface area contributed by atoms with Gasteiger partial charge in [0.2, 0.25) is 5.91 Å². The van der Waals surface area contributed by atoms with E-state index in [9.17, 15) is 4.79 Å². The predicted molar refractivity (Wildman–Crippen MR) is 53.5 cm³/mol. The molecule has 1 saturated heterocycles. The molecule has 3 nitrogen and oxygen atoms in total. The Morgan fingerprint density at radius 1 is 1.38 bits per heavy atom. The second kappa shape index (κ2) is 3.29. The Bertz CT molecular complexity index is 205. The SMILES string of the molecule is CC(C)N1CC(C)(C(=O)N(C)C)C1. The highest BCUT2D eigenvalue weighted by molar-refractivity contribution is 5.83. The van der Waals surface area contributed by atoms with E-state index >= 15 is 0 Å². The number of amides is 1. The maximum atomic E-state index is 11.7. The Hall–Kier alpha value is -0.570. The molecule has 0 spiro atoms. The lowest BCUT2D eigenvalue weighted by Crippen LogP contribution is -2.63. The molecule has 0 bridgehead atoms. The van der Waals surface area contributed by atoms with Gasteiger partial charge in [-0.1, -0.05) is 0 Å². The largest absolute Gasteiger partial charge is 0.348 e. The van der Waals surface area contributed by atoms with Gasteiger partial charge in [0, 0.05) is 33.2 Å². The van der Waals surface area contributed by atoms with Crippen LogP contribution < -0.4 is 0 Å². The van der Waals surface area contributed by atoms with E-state index in [1.54, 1.807) is 4.90 Å². The number of nitrogens with zero attached hydrogens (tertiary/aromatic N) is 2. The molecule has 0 aliphatic carbocycles. The summed E-state index contributed by atoms with van der Waals surface area (Å²) in [4.78, 5) is 15.7. The van der Waals surface area contributed by atoms with Gasteiger partial charge >= 0.3 is 0 Å². The van der Waals surface area contributed by atoms with Crippen LogP contribution >= 0.6 is 0 Å². The number of carbonyl (C=O) groups is 1. The molecule has 0 saturated carbocycles. The molecular weight excluding hydrogens is 164 g/mol. The Kier molecular flexibility index (Phi) is 2.66. The van der Waals surface area contributed by atoms with E-state index in [2.05, 4.69) is 18.7 Å². The molecular formula is C10H20N2O. The van der Waals surface area contributed by atoms with E-state index in [-0.39, 0.29) is 11.3 Å². The lowest BCUT2D eigenvalue weighted by molar-refractivity contribution is -0.150. The van der Waals surface area contributed by atoms with Gasteiger partial charge in [0.05, 0.1) is 5.41 Å². The third-order valence-corrected chi connectivity index (χ3v) is 2.76. The summed E-state index contributed by atoms with van der Waals surface area (Å²) in [5, 5.41) is 0. The van der Waals surface area contributed by atoms with Crippen LogP contribution in [0.15, 0.2) is 0 Å². The molecule has 1 aliphatic rings. The smallest absolute Gasteiger partial charge is 0.230 e. The van der Waals surface area contributed by atoms with Gasteiger partial charge in [0.15, 0.2) is 0 Å². The normalized spacial score (nSPS) is 21.4. The molecule has 1 fully saturated rings. The Balaban J connectivity index is 2.51. The second-order valence-corrected chi connectivity index (χ2v) is 4.76. The highest BCUT2D eigenvalue weighted by Crippen LogP contribution is 2.32. The van der Waals surface area contributed by atoms with Crippen LogP contribution in [0.5, 0.6) is 0 Å². The summed E-state index contributed by atoms with van der Waals surface area (Å²) in [6.07, 6.45) is 0. The van der Waals surface area contributed by atoms with Gasteiger partial charge in [-0.25, -0.2) is 0 Å². The zero-order valence-corrected chi connectivity index (χ0v) is 9.29. The highest BCUT2D eigenvalue weighted by atomic mass is 16.2. The van der Waals surface area contributed by atoms with Gasteiger partial charge < -0.3 is 4.90 Å². The lowest BCUT2D eigenvalue weighted by Gasteiger charge is -2.49. The summed E-state index contributed by atoms with van der Waals surface area (Å²) < 4.78 is 0. The van der Waals surface area contributed by atoms with Crippen LogP contribution in [-0.2, 0) is 4.79 Å². The van der Waals surface area contributed by atoms with Crippen LogP contribution in [0.25, 0.3) is 0 Å². The fourth-order valence-corrected chi connectivity index (χ4v) is 1.89. The molecule has 3 heteroatoms. The molecule has 13 heavy (non-hydrogen) atoms. The molecule has 0 aromatic rings. The maximum absolute atomic E-state index is 11.7. The van der Waals surface area contributed by atoms with E-state index in [0.29, 0.717) is 6.04 Å². The van der Waals surface area contributed by atoms with Crippen molar-refractivity contribution in [3.8, 4) is 0 Å². The number of hydrogen-bond acceptors (Lipinski definition) is 2. The zero-order valence-electron chi connectivity index (χ0n) is 9.29. The quantitative estimate of drug-likeness (QED) is 0.634. The number of carbonyl (C=O) groups excluding carboxylic acids is 1. The Morgan fingerprint density at radius 3 is 2.15 bits per heavy atom. The first-order chi connectivity index (χ1) is 5.87. The molecule has 0 N–H and O–H groups in total.